The van der Waals surface area contributed by atoms with Gasteiger partial charge in [-0.25, -0.2) is 0 Å². The quantitative estimate of drug-likeness (QED) is 0.594. The lowest BCUT2D eigenvalue weighted by Gasteiger charge is -2.34. The smallest absolute Gasteiger partial charge is 0.241 e. The Labute approximate surface area is 173 Å². The van der Waals surface area contributed by atoms with E-state index in [-0.39, 0.29) is 5.91 Å². The second kappa shape index (κ2) is 9.19. The molecule has 152 valence electrons. The minimum Gasteiger partial charge on any atom is -0.497 e. The summed E-state index contributed by atoms with van der Waals surface area (Å²) in [5, 5.41) is 6.05. The van der Waals surface area contributed by atoms with Crippen LogP contribution in [0, 0.1) is 0 Å². The lowest BCUT2D eigenvalue weighted by atomic mass is 10.1. The van der Waals surface area contributed by atoms with Crippen LogP contribution in [0.5, 0.6) is 5.75 Å². The van der Waals surface area contributed by atoms with Crippen LogP contribution in [0.25, 0.3) is 10.7 Å². The third kappa shape index (κ3) is 5.02. The third-order valence-electron chi connectivity index (χ3n) is 5.06. The topological polar surface area (TPSA) is 71.7 Å². The second-order valence-corrected chi connectivity index (χ2v) is 7.95. The third-order valence-corrected chi connectivity index (χ3v) is 5.92. The lowest BCUT2D eigenvalue weighted by Crippen LogP contribution is -2.48. The maximum atomic E-state index is 12.6. The Morgan fingerprint density at radius 2 is 2.07 bits per heavy atom. The van der Waals surface area contributed by atoms with Gasteiger partial charge >= 0.3 is 0 Å². The van der Waals surface area contributed by atoms with Crippen molar-refractivity contribution in [3.8, 4) is 16.5 Å². The average Bonchev–Trinajstić information content (AvgIpc) is 3.45. The molecule has 0 radical (unpaired) electrons. The number of aromatic nitrogens is 2. The number of hydrogen-bond acceptors (Lipinski definition) is 7. The molecule has 3 heterocycles. The van der Waals surface area contributed by atoms with Crippen molar-refractivity contribution in [3.05, 3.63) is 53.2 Å². The Bertz CT molecular complexity index is 933. The van der Waals surface area contributed by atoms with E-state index in [2.05, 4.69) is 15.0 Å². The summed E-state index contributed by atoms with van der Waals surface area (Å²) in [6.45, 7) is 3.68. The fourth-order valence-corrected chi connectivity index (χ4v) is 4.06. The predicted octanol–water partition coefficient (Wildman–Crippen LogP) is 3.08. The molecule has 8 heteroatoms. The normalized spacial score (nSPS) is 14.9. The number of ether oxygens (including phenoxy) is 1. The fourth-order valence-electron chi connectivity index (χ4n) is 3.41. The minimum atomic E-state index is 0.199. The molecule has 4 rings (SSSR count). The number of rotatable bonds is 7. The zero-order valence-corrected chi connectivity index (χ0v) is 17.2. The second-order valence-electron chi connectivity index (χ2n) is 7.00. The molecule has 29 heavy (non-hydrogen) atoms. The van der Waals surface area contributed by atoms with Crippen molar-refractivity contribution in [2.75, 3.05) is 33.3 Å². The Balaban J connectivity index is 1.23. The van der Waals surface area contributed by atoms with Crippen LogP contribution >= 0.6 is 11.3 Å². The predicted molar refractivity (Wildman–Crippen MR) is 111 cm³/mol. The molecule has 0 spiro atoms. The van der Waals surface area contributed by atoms with E-state index in [1.54, 1.807) is 18.4 Å². The van der Waals surface area contributed by atoms with Gasteiger partial charge < -0.3 is 14.2 Å². The highest BCUT2D eigenvalue weighted by Crippen LogP contribution is 2.22. The van der Waals surface area contributed by atoms with Crippen molar-refractivity contribution in [2.45, 2.75) is 19.4 Å². The van der Waals surface area contributed by atoms with Crippen LogP contribution in [0.2, 0.25) is 0 Å². The summed E-state index contributed by atoms with van der Waals surface area (Å²) >= 11 is 1.59. The molecule has 0 unspecified atom stereocenters. The van der Waals surface area contributed by atoms with E-state index in [0.29, 0.717) is 24.7 Å². The molecule has 1 saturated heterocycles. The van der Waals surface area contributed by atoms with E-state index in [4.69, 9.17) is 9.26 Å². The first-order valence-electron chi connectivity index (χ1n) is 9.71. The maximum Gasteiger partial charge on any atom is 0.241 e. The van der Waals surface area contributed by atoms with Gasteiger partial charge in [0, 0.05) is 32.6 Å². The SMILES string of the molecule is COc1cccc(CCC(=O)N2CCN(Cc3nc(-c4cccs4)no3)CC2)c1. The van der Waals surface area contributed by atoms with Crippen LogP contribution < -0.4 is 4.74 Å². The van der Waals surface area contributed by atoms with Crippen LogP contribution in [0.4, 0.5) is 0 Å². The van der Waals surface area contributed by atoms with Gasteiger partial charge in [-0.3, -0.25) is 9.69 Å². The fraction of sp³-hybridized carbons (Fsp3) is 0.381. The van der Waals surface area contributed by atoms with Gasteiger partial charge in [0.05, 0.1) is 18.5 Å². The van der Waals surface area contributed by atoms with Crippen LogP contribution in [0.15, 0.2) is 46.3 Å². The minimum absolute atomic E-state index is 0.199. The summed E-state index contributed by atoms with van der Waals surface area (Å²) in [6, 6.07) is 11.8. The largest absolute Gasteiger partial charge is 0.497 e. The molecule has 0 atom stereocenters. The molecule has 0 aliphatic carbocycles. The summed E-state index contributed by atoms with van der Waals surface area (Å²) in [7, 11) is 1.65. The molecule has 3 aromatic rings. The monoisotopic (exact) mass is 412 g/mol. The van der Waals surface area contributed by atoms with Gasteiger partial charge in [0.25, 0.3) is 0 Å². The molecule has 1 aliphatic rings. The van der Waals surface area contributed by atoms with Gasteiger partial charge in [-0.05, 0) is 35.6 Å². The first-order valence-corrected chi connectivity index (χ1v) is 10.6. The Kier molecular flexibility index (Phi) is 6.21. The van der Waals surface area contributed by atoms with Crippen LogP contribution in [0.3, 0.4) is 0 Å². The number of carbonyl (C=O) groups is 1. The average molecular weight is 413 g/mol. The molecule has 1 aliphatic heterocycles. The molecule has 1 amide bonds. The molecule has 2 aromatic heterocycles. The molecular formula is C21H24N4O3S. The number of thiophene rings is 1. The van der Waals surface area contributed by atoms with E-state index in [9.17, 15) is 4.79 Å². The van der Waals surface area contributed by atoms with Gasteiger partial charge in [-0.1, -0.05) is 23.4 Å². The highest BCUT2D eigenvalue weighted by Gasteiger charge is 2.22. The van der Waals surface area contributed by atoms with Crippen molar-refractivity contribution in [1.29, 1.82) is 0 Å². The number of methoxy groups -OCH3 is 1. The number of carbonyl (C=O) groups excluding carboxylic acids is 1. The number of nitrogens with zero attached hydrogens (tertiary/aromatic N) is 4. The highest BCUT2D eigenvalue weighted by atomic mass is 32.1. The number of piperazine rings is 1. The van der Waals surface area contributed by atoms with E-state index < -0.39 is 0 Å². The summed E-state index contributed by atoms with van der Waals surface area (Å²) in [5.74, 6) is 2.28. The maximum absolute atomic E-state index is 12.6. The molecular weight excluding hydrogens is 388 g/mol. The van der Waals surface area contributed by atoms with Crippen LogP contribution in [-0.4, -0.2) is 59.1 Å². The summed E-state index contributed by atoms with van der Waals surface area (Å²) in [4.78, 5) is 22.2. The summed E-state index contributed by atoms with van der Waals surface area (Å²) < 4.78 is 10.6. The zero-order chi connectivity index (χ0) is 20.1. The molecule has 1 fully saturated rings. The number of hydrogen-bond donors (Lipinski definition) is 0. The van der Waals surface area contributed by atoms with Gasteiger partial charge in [0.15, 0.2) is 0 Å². The number of amides is 1. The first-order chi connectivity index (χ1) is 14.2. The lowest BCUT2D eigenvalue weighted by molar-refractivity contribution is -0.133. The summed E-state index contributed by atoms with van der Waals surface area (Å²) in [6.07, 6.45) is 1.24. The molecule has 0 N–H and O–H groups in total. The van der Waals surface area contributed by atoms with Crippen LogP contribution in [-0.2, 0) is 17.8 Å². The van der Waals surface area contributed by atoms with Crippen molar-refractivity contribution in [3.63, 3.8) is 0 Å². The van der Waals surface area contributed by atoms with Crippen molar-refractivity contribution >= 4 is 17.2 Å². The van der Waals surface area contributed by atoms with Crippen molar-refractivity contribution < 1.29 is 14.1 Å². The van der Waals surface area contributed by atoms with Gasteiger partial charge in [0.2, 0.25) is 17.6 Å². The van der Waals surface area contributed by atoms with E-state index in [0.717, 1.165) is 48.8 Å². The molecule has 1 aromatic carbocycles. The number of aryl methyl sites for hydroxylation is 1. The Morgan fingerprint density at radius 1 is 1.21 bits per heavy atom. The van der Waals surface area contributed by atoms with Gasteiger partial charge in [0.1, 0.15) is 5.75 Å². The first kappa shape index (κ1) is 19.6. The summed E-state index contributed by atoms with van der Waals surface area (Å²) in [5.41, 5.74) is 1.12. The van der Waals surface area contributed by atoms with Crippen molar-refractivity contribution in [2.24, 2.45) is 0 Å². The van der Waals surface area contributed by atoms with Gasteiger partial charge in [-0.2, -0.15) is 4.98 Å². The Hall–Kier alpha value is -2.71. The standard InChI is InChI=1S/C21H24N4O3S/c1-27-17-5-2-4-16(14-17)7-8-20(26)25-11-9-24(10-12-25)15-19-22-21(23-28-19)18-6-3-13-29-18/h2-6,13-14H,7-12,15H2,1H3. The zero-order valence-electron chi connectivity index (χ0n) is 16.4. The number of benzene rings is 1. The van der Waals surface area contributed by atoms with Gasteiger partial charge in [-0.15, -0.1) is 11.3 Å². The van der Waals surface area contributed by atoms with Crippen LogP contribution in [0.1, 0.15) is 17.9 Å². The van der Waals surface area contributed by atoms with Crippen molar-refractivity contribution in [1.82, 2.24) is 19.9 Å². The molecule has 0 bridgehead atoms. The highest BCUT2D eigenvalue weighted by molar-refractivity contribution is 7.13. The van der Waals surface area contributed by atoms with E-state index >= 15 is 0 Å². The Morgan fingerprint density at radius 3 is 2.83 bits per heavy atom. The van der Waals surface area contributed by atoms with E-state index in [1.165, 1.54) is 0 Å². The van der Waals surface area contributed by atoms with E-state index in [1.807, 2.05) is 46.7 Å². The molecule has 0 saturated carbocycles. The molecule has 7 nitrogen and oxygen atoms in total.